The Labute approximate surface area is 171 Å². The molecule has 2 unspecified atom stereocenters. The fourth-order valence-electron chi connectivity index (χ4n) is 7.61. The number of hydrogen-bond donors (Lipinski definition) is 0. The van der Waals surface area contributed by atoms with E-state index in [1.807, 2.05) is 44.2 Å². The molecular weight excluding hydrogens is 363 g/mol. The summed E-state index contributed by atoms with van der Waals surface area (Å²) in [5.41, 5.74) is 0.829. The van der Waals surface area contributed by atoms with E-state index in [9.17, 15) is 9.18 Å². The zero-order chi connectivity index (χ0) is 20.1. The average molecular weight is 393 g/mol. The molecule has 0 spiro atoms. The van der Waals surface area contributed by atoms with Crippen LogP contribution >= 0.6 is 0 Å². The number of carbonyl (C=O) groups is 1. The number of carbonyl (C=O) groups excluding carboxylic acids is 1. The summed E-state index contributed by atoms with van der Waals surface area (Å²) in [4.78, 5) is 13.4. The summed E-state index contributed by atoms with van der Waals surface area (Å²) in [7, 11) is 0. The maximum absolute atomic E-state index is 14.5. The molecule has 152 valence electrons. The number of halogens is 1. The summed E-state index contributed by atoms with van der Waals surface area (Å²) in [6.45, 7) is 6.46. The maximum atomic E-state index is 14.5. The van der Waals surface area contributed by atoms with Gasteiger partial charge in [-0.3, -0.25) is 9.80 Å². The summed E-state index contributed by atoms with van der Waals surface area (Å²) in [5.74, 6) is 2.05. The van der Waals surface area contributed by atoms with Gasteiger partial charge in [0.25, 0.3) is 5.91 Å². The molecule has 4 heteroatoms. The van der Waals surface area contributed by atoms with E-state index in [0.717, 1.165) is 17.0 Å². The van der Waals surface area contributed by atoms with E-state index < -0.39 is 5.54 Å². The third-order valence-corrected chi connectivity index (χ3v) is 8.36. The summed E-state index contributed by atoms with van der Waals surface area (Å²) in [5, 5.41) is 5.77. The van der Waals surface area contributed by atoms with Gasteiger partial charge in [-0.25, -0.2) is 9.40 Å². The van der Waals surface area contributed by atoms with Crippen LogP contribution in [0.25, 0.3) is 10.8 Å². The third kappa shape index (κ3) is 2.26. The van der Waals surface area contributed by atoms with E-state index in [0.29, 0.717) is 28.7 Å². The van der Waals surface area contributed by atoms with Gasteiger partial charge in [0.05, 0.1) is 11.7 Å². The predicted octanol–water partition coefficient (Wildman–Crippen LogP) is 5.54. The Bertz CT molecular complexity index is 1010. The molecule has 4 aliphatic carbocycles. The minimum atomic E-state index is -0.598. The van der Waals surface area contributed by atoms with Crippen LogP contribution in [0, 0.1) is 29.0 Å². The van der Waals surface area contributed by atoms with Crippen molar-refractivity contribution >= 4 is 22.4 Å². The monoisotopic (exact) mass is 392 g/mol. The lowest BCUT2D eigenvalue weighted by molar-refractivity contribution is -0.176. The van der Waals surface area contributed by atoms with Gasteiger partial charge in [-0.2, -0.15) is 0 Å². The second-order valence-corrected chi connectivity index (χ2v) is 10.9. The zero-order valence-electron chi connectivity index (χ0n) is 17.5. The van der Waals surface area contributed by atoms with Crippen molar-refractivity contribution in [2.75, 3.05) is 5.01 Å². The second kappa shape index (κ2) is 5.53. The van der Waals surface area contributed by atoms with Crippen LogP contribution in [0.5, 0.6) is 0 Å². The Balaban J connectivity index is 1.45. The molecule has 0 radical (unpaired) electrons. The molecule has 4 saturated carbocycles. The number of hydrogen-bond acceptors (Lipinski definition) is 2. The highest BCUT2D eigenvalue weighted by Gasteiger charge is 2.63. The van der Waals surface area contributed by atoms with Gasteiger partial charge in [0, 0.05) is 10.8 Å². The van der Waals surface area contributed by atoms with E-state index in [4.69, 9.17) is 0 Å². The predicted molar refractivity (Wildman–Crippen MR) is 113 cm³/mol. The van der Waals surface area contributed by atoms with Gasteiger partial charge >= 0.3 is 0 Å². The molecule has 5 aliphatic rings. The van der Waals surface area contributed by atoms with Crippen LogP contribution in [0.1, 0.15) is 52.9 Å². The van der Waals surface area contributed by atoms with E-state index in [1.54, 1.807) is 6.07 Å². The van der Waals surface area contributed by atoms with Gasteiger partial charge in [-0.1, -0.05) is 31.2 Å². The number of fused-ring (bicyclic) bond motifs is 1. The molecule has 2 aromatic carbocycles. The van der Waals surface area contributed by atoms with Crippen LogP contribution in [0.2, 0.25) is 0 Å². The van der Waals surface area contributed by atoms with Gasteiger partial charge in [0.15, 0.2) is 0 Å². The highest BCUT2D eigenvalue weighted by Crippen LogP contribution is 2.62. The normalized spacial score (nSPS) is 37.3. The van der Waals surface area contributed by atoms with Crippen molar-refractivity contribution in [2.24, 2.45) is 23.2 Å². The number of hydrazine groups is 1. The summed E-state index contributed by atoms with van der Waals surface area (Å²) in [6, 6.07) is 11.3. The minimum absolute atomic E-state index is 0.205. The smallest absolute Gasteiger partial charge is 0.268 e. The Morgan fingerprint density at radius 3 is 2.24 bits per heavy atom. The van der Waals surface area contributed by atoms with Crippen molar-refractivity contribution in [1.82, 2.24) is 5.01 Å². The van der Waals surface area contributed by atoms with Crippen molar-refractivity contribution in [3.63, 3.8) is 0 Å². The number of rotatable bonds is 2. The van der Waals surface area contributed by atoms with Crippen LogP contribution in [0.4, 0.5) is 10.1 Å². The number of benzene rings is 2. The lowest BCUT2D eigenvalue weighted by Crippen LogP contribution is -2.80. The Hall–Kier alpha value is -2.10. The number of anilines is 1. The quantitative estimate of drug-likeness (QED) is 0.670. The summed E-state index contributed by atoms with van der Waals surface area (Å²) < 4.78 is 14.5. The van der Waals surface area contributed by atoms with E-state index in [2.05, 4.69) is 16.9 Å². The summed E-state index contributed by atoms with van der Waals surface area (Å²) in [6.07, 6.45) is 6.39. The fourth-order valence-corrected chi connectivity index (χ4v) is 7.61. The topological polar surface area (TPSA) is 23.6 Å². The standard InChI is InChI=1S/C25H29FN2O/c1-24(2)23(29)27(22-16-10-15-11-17(22)14-25(3,12-15)13-16)28(24)21-9-8-20(26)18-6-4-5-7-19(18)21/h4-9,15-17,22H,10-14H2,1-3H3. The van der Waals surface area contributed by atoms with Crippen molar-refractivity contribution in [2.45, 2.75) is 64.5 Å². The molecule has 1 aliphatic heterocycles. The van der Waals surface area contributed by atoms with E-state index in [-0.39, 0.29) is 11.7 Å². The molecule has 7 rings (SSSR count). The van der Waals surface area contributed by atoms with Gasteiger partial charge in [-0.15, -0.1) is 0 Å². The molecule has 1 heterocycles. The molecule has 0 aromatic heterocycles. The van der Waals surface area contributed by atoms with Gasteiger partial charge in [0.1, 0.15) is 11.4 Å². The second-order valence-electron chi connectivity index (χ2n) is 10.9. The number of nitrogens with zero attached hydrogens (tertiary/aromatic N) is 2. The SMILES string of the molecule is CC12CC3CC(C1)C(N1C(=O)C(C)(C)N1c1ccc(F)c4ccccc14)C(C3)C2. The van der Waals surface area contributed by atoms with Crippen molar-refractivity contribution in [1.29, 1.82) is 0 Å². The van der Waals surface area contributed by atoms with Gasteiger partial charge in [-0.05, 0) is 81.3 Å². The van der Waals surface area contributed by atoms with Crippen molar-refractivity contribution in [3.05, 3.63) is 42.2 Å². The first-order chi connectivity index (χ1) is 13.8. The molecule has 2 aromatic rings. The Morgan fingerprint density at radius 2 is 1.59 bits per heavy atom. The first-order valence-corrected chi connectivity index (χ1v) is 11.1. The Kier molecular flexibility index (Phi) is 3.38. The van der Waals surface area contributed by atoms with Crippen LogP contribution in [0.15, 0.2) is 36.4 Å². The van der Waals surface area contributed by atoms with Crippen LogP contribution in [-0.4, -0.2) is 22.5 Å². The van der Waals surface area contributed by atoms with Crippen LogP contribution in [-0.2, 0) is 4.79 Å². The molecule has 5 fully saturated rings. The van der Waals surface area contributed by atoms with E-state index in [1.165, 1.54) is 32.1 Å². The van der Waals surface area contributed by atoms with Crippen molar-refractivity contribution in [3.8, 4) is 0 Å². The summed E-state index contributed by atoms with van der Waals surface area (Å²) >= 11 is 0. The highest BCUT2D eigenvalue weighted by molar-refractivity contribution is 6.03. The highest BCUT2D eigenvalue weighted by atomic mass is 19.1. The molecule has 29 heavy (non-hydrogen) atoms. The van der Waals surface area contributed by atoms with E-state index >= 15 is 0 Å². The van der Waals surface area contributed by atoms with Crippen molar-refractivity contribution < 1.29 is 9.18 Å². The number of amides is 1. The molecule has 2 atom stereocenters. The third-order valence-electron chi connectivity index (χ3n) is 8.36. The average Bonchev–Trinajstić information content (AvgIpc) is 2.67. The minimum Gasteiger partial charge on any atom is -0.270 e. The first-order valence-electron chi connectivity index (χ1n) is 11.1. The Morgan fingerprint density at radius 1 is 0.931 bits per heavy atom. The lowest BCUT2D eigenvalue weighted by Gasteiger charge is -2.67. The molecular formula is C25H29FN2O. The van der Waals surface area contributed by atoms with Crippen LogP contribution < -0.4 is 5.01 Å². The van der Waals surface area contributed by atoms with Crippen LogP contribution in [0.3, 0.4) is 0 Å². The molecule has 4 bridgehead atoms. The van der Waals surface area contributed by atoms with Gasteiger partial charge in [0.2, 0.25) is 0 Å². The molecule has 1 saturated heterocycles. The molecule has 0 N–H and O–H groups in total. The largest absolute Gasteiger partial charge is 0.270 e. The molecule has 1 amide bonds. The first kappa shape index (κ1) is 17.7. The maximum Gasteiger partial charge on any atom is 0.268 e. The fraction of sp³-hybridized carbons (Fsp3) is 0.560. The lowest BCUT2D eigenvalue weighted by atomic mass is 9.48. The zero-order valence-corrected chi connectivity index (χ0v) is 17.5. The molecule has 3 nitrogen and oxygen atoms in total. The van der Waals surface area contributed by atoms with Gasteiger partial charge < -0.3 is 0 Å².